The Hall–Kier alpha value is -2.31. The number of benzene rings is 1. The van der Waals surface area contributed by atoms with Crippen molar-refractivity contribution in [2.24, 2.45) is 0 Å². The number of hydrogen-bond donors (Lipinski definition) is 1. The van der Waals surface area contributed by atoms with Crippen LogP contribution in [-0.4, -0.2) is 14.7 Å². The molecule has 0 atom stereocenters. The topological polar surface area (TPSA) is 93.8 Å². The van der Waals surface area contributed by atoms with Gasteiger partial charge >= 0.3 is 0 Å². The second kappa shape index (κ2) is 5.55. The highest BCUT2D eigenvalue weighted by Gasteiger charge is 2.13. The Morgan fingerprint density at radius 1 is 1.21 bits per heavy atom. The number of nitrogens with zero attached hydrogens (tertiary/aromatic N) is 2. The fourth-order valence-electron chi connectivity index (χ4n) is 1.63. The molecule has 0 aliphatic carbocycles. The molecule has 98 valence electrons. The summed E-state index contributed by atoms with van der Waals surface area (Å²) in [6.45, 7) is 3.53. The van der Waals surface area contributed by atoms with Gasteiger partial charge in [-0.05, 0) is 31.0 Å². The molecule has 1 N–H and O–H groups in total. The van der Waals surface area contributed by atoms with E-state index in [4.69, 9.17) is 10.5 Å². The minimum absolute atomic E-state index is 0.0825. The van der Waals surface area contributed by atoms with E-state index in [0.717, 1.165) is 11.8 Å². The second-order valence-electron chi connectivity index (χ2n) is 4.13. The molecule has 0 aliphatic rings. The zero-order chi connectivity index (χ0) is 14.6. The highest BCUT2D eigenvalue weighted by molar-refractivity contribution is 7.90. The maximum atomic E-state index is 11.6. The van der Waals surface area contributed by atoms with E-state index in [9.17, 15) is 8.42 Å². The molecule has 0 aliphatic heterocycles. The van der Waals surface area contributed by atoms with Gasteiger partial charge in [0.1, 0.15) is 17.7 Å². The summed E-state index contributed by atoms with van der Waals surface area (Å²) in [4.78, 5) is 0.226. The summed E-state index contributed by atoms with van der Waals surface area (Å²) in [5, 5.41) is 20.0. The largest absolute Gasteiger partial charge is 0.360 e. The van der Waals surface area contributed by atoms with Crippen molar-refractivity contribution in [1.29, 1.82) is 10.5 Å². The molecule has 0 saturated carbocycles. The van der Waals surface area contributed by atoms with Gasteiger partial charge in [-0.15, -0.1) is 0 Å². The van der Waals surface area contributed by atoms with Crippen LogP contribution >= 0.6 is 0 Å². The highest BCUT2D eigenvalue weighted by Crippen LogP contribution is 2.24. The first kappa shape index (κ1) is 14.7. The van der Waals surface area contributed by atoms with Gasteiger partial charge in [-0.2, -0.15) is 10.5 Å². The van der Waals surface area contributed by atoms with E-state index in [-0.39, 0.29) is 10.5 Å². The Morgan fingerprint density at radius 2 is 1.79 bits per heavy atom. The number of allylic oxidation sites excluding steroid dienone is 1. The quantitative estimate of drug-likeness (QED) is 0.852. The molecule has 1 rings (SSSR count). The van der Waals surface area contributed by atoms with Crippen LogP contribution in [-0.2, 0) is 9.84 Å². The first-order valence-corrected chi connectivity index (χ1v) is 7.27. The van der Waals surface area contributed by atoms with E-state index < -0.39 is 9.84 Å². The lowest BCUT2D eigenvalue weighted by Gasteiger charge is -2.10. The lowest BCUT2D eigenvalue weighted by Crippen LogP contribution is -2.03. The van der Waals surface area contributed by atoms with Gasteiger partial charge in [-0.1, -0.05) is 6.07 Å². The number of hydrogen-bond acceptors (Lipinski definition) is 5. The summed E-state index contributed by atoms with van der Waals surface area (Å²) >= 11 is 0. The van der Waals surface area contributed by atoms with E-state index in [1.54, 1.807) is 25.1 Å². The number of aryl methyl sites for hydroxylation is 2. The summed E-state index contributed by atoms with van der Waals surface area (Å²) in [7, 11) is -3.31. The van der Waals surface area contributed by atoms with Crippen molar-refractivity contribution in [1.82, 2.24) is 0 Å². The van der Waals surface area contributed by atoms with Crippen molar-refractivity contribution in [2.75, 3.05) is 11.6 Å². The Bertz CT molecular complexity index is 703. The summed E-state index contributed by atoms with van der Waals surface area (Å²) in [5.41, 5.74) is 1.96. The Balaban J connectivity index is 3.29. The minimum atomic E-state index is -3.31. The van der Waals surface area contributed by atoms with Crippen LogP contribution in [0.3, 0.4) is 0 Å². The molecule has 0 radical (unpaired) electrons. The van der Waals surface area contributed by atoms with E-state index in [1.165, 1.54) is 12.3 Å². The van der Waals surface area contributed by atoms with Gasteiger partial charge in [-0.3, -0.25) is 0 Å². The van der Waals surface area contributed by atoms with Gasteiger partial charge in [0.2, 0.25) is 0 Å². The number of sulfone groups is 1. The lowest BCUT2D eigenvalue weighted by molar-refractivity contribution is 0.601. The van der Waals surface area contributed by atoms with Crippen LogP contribution in [0.5, 0.6) is 0 Å². The van der Waals surface area contributed by atoms with Crippen molar-refractivity contribution in [3.8, 4) is 12.1 Å². The number of anilines is 1. The molecule has 19 heavy (non-hydrogen) atoms. The molecule has 0 amide bonds. The predicted molar refractivity (Wildman–Crippen MR) is 72.0 cm³/mol. The first-order valence-electron chi connectivity index (χ1n) is 5.37. The van der Waals surface area contributed by atoms with Crippen LogP contribution in [0.4, 0.5) is 5.69 Å². The Morgan fingerprint density at radius 3 is 2.26 bits per heavy atom. The van der Waals surface area contributed by atoms with Gasteiger partial charge in [-0.25, -0.2) is 8.42 Å². The van der Waals surface area contributed by atoms with Crippen LogP contribution < -0.4 is 5.32 Å². The SMILES string of the molecule is Cc1cc(C)c(S(C)(=O)=O)cc1NC=C(C#N)C#N. The molecule has 0 saturated heterocycles. The van der Waals surface area contributed by atoms with Crippen molar-refractivity contribution < 1.29 is 8.42 Å². The third kappa shape index (κ3) is 3.57. The Kier molecular flexibility index (Phi) is 4.31. The van der Waals surface area contributed by atoms with E-state index in [0.29, 0.717) is 11.3 Å². The molecule has 6 heteroatoms. The molecular formula is C13H13N3O2S. The number of nitrogens with one attached hydrogen (secondary N) is 1. The standard InChI is InChI=1S/C13H13N3O2S/c1-9-4-10(2)13(19(3,17)18)5-12(9)16-8-11(6-14)7-15/h4-5,8,16H,1-3H3. The highest BCUT2D eigenvalue weighted by atomic mass is 32.2. The third-order valence-electron chi connectivity index (χ3n) is 2.53. The minimum Gasteiger partial charge on any atom is -0.360 e. The monoisotopic (exact) mass is 275 g/mol. The molecule has 0 bridgehead atoms. The number of nitriles is 2. The van der Waals surface area contributed by atoms with Crippen LogP contribution in [0.1, 0.15) is 11.1 Å². The fourth-order valence-corrected chi connectivity index (χ4v) is 2.60. The summed E-state index contributed by atoms with van der Waals surface area (Å²) in [6.07, 6.45) is 2.39. The van der Waals surface area contributed by atoms with Crippen molar-refractivity contribution in [2.45, 2.75) is 18.7 Å². The normalized spacial score (nSPS) is 10.2. The zero-order valence-corrected chi connectivity index (χ0v) is 11.7. The third-order valence-corrected chi connectivity index (χ3v) is 3.77. The van der Waals surface area contributed by atoms with Gasteiger partial charge in [0.15, 0.2) is 9.84 Å². The molecule has 1 aromatic carbocycles. The van der Waals surface area contributed by atoms with Crippen molar-refractivity contribution >= 4 is 15.5 Å². The fraction of sp³-hybridized carbons (Fsp3) is 0.231. The van der Waals surface area contributed by atoms with Gasteiger partial charge in [0.25, 0.3) is 0 Å². The van der Waals surface area contributed by atoms with Crippen molar-refractivity contribution in [3.05, 3.63) is 35.0 Å². The molecule has 0 heterocycles. The van der Waals surface area contributed by atoms with Gasteiger partial charge < -0.3 is 5.32 Å². The van der Waals surface area contributed by atoms with Crippen LogP contribution in [0.2, 0.25) is 0 Å². The second-order valence-corrected chi connectivity index (χ2v) is 6.11. The molecule has 0 unspecified atom stereocenters. The van der Waals surface area contributed by atoms with E-state index in [2.05, 4.69) is 5.32 Å². The summed E-state index contributed by atoms with van der Waals surface area (Å²) < 4.78 is 23.2. The lowest BCUT2D eigenvalue weighted by atomic mass is 10.1. The average molecular weight is 275 g/mol. The molecule has 5 nitrogen and oxygen atoms in total. The zero-order valence-electron chi connectivity index (χ0n) is 10.9. The number of rotatable bonds is 3. The maximum Gasteiger partial charge on any atom is 0.175 e. The van der Waals surface area contributed by atoms with Gasteiger partial charge in [0.05, 0.1) is 4.90 Å². The van der Waals surface area contributed by atoms with Crippen molar-refractivity contribution in [3.63, 3.8) is 0 Å². The van der Waals surface area contributed by atoms with Gasteiger partial charge in [0, 0.05) is 18.1 Å². The predicted octanol–water partition coefficient (Wildman–Crippen LogP) is 2.05. The molecule has 0 aromatic heterocycles. The summed E-state index contributed by atoms with van der Waals surface area (Å²) in [5.74, 6) is 0. The molecule has 1 aromatic rings. The van der Waals surface area contributed by atoms with Crippen LogP contribution in [0.15, 0.2) is 28.8 Å². The Labute approximate surface area is 112 Å². The van der Waals surface area contributed by atoms with Crippen LogP contribution in [0, 0.1) is 36.5 Å². The first-order chi connectivity index (χ1) is 8.79. The van der Waals surface area contributed by atoms with E-state index in [1.807, 2.05) is 6.92 Å². The molecular weight excluding hydrogens is 262 g/mol. The van der Waals surface area contributed by atoms with Crippen LogP contribution in [0.25, 0.3) is 0 Å². The average Bonchev–Trinajstić information content (AvgIpc) is 2.31. The summed E-state index contributed by atoms with van der Waals surface area (Å²) in [6, 6.07) is 6.68. The molecule has 0 fully saturated rings. The maximum absolute atomic E-state index is 11.6. The smallest absolute Gasteiger partial charge is 0.175 e. The van der Waals surface area contributed by atoms with E-state index >= 15 is 0 Å². The molecule has 0 spiro atoms.